The summed E-state index contributed by atoms with van der Waals surface area (Å²) in [6, 6.07) is 2.25. The fourth-order valence-corrected chi connectivity index (χ4v) is 3.30. The van der Waals surface area contributed by atoms with Crippen LogP contribution in [0, 0.1) is 5.41 Å². The van der Waals surface area contributed by atoms with Crippen molar-refractivity contribution < 1.29 is 4.74 Å². The molecule has 3 nitrogen and oxygen atoms in total. The van der Waals surface area contributed by atoms with Crippen molar-refractivity contribution in [1.29, 1.82) is 0 Å². The van der Waals surface area contributed by atoms with Gasteiger partial charge in [0, 0.05) is 36.2 Å². The summed E-state index contributed by atoms with van der Waals surface area (Å²) in [5.41, 5.74) is 2.89. The predicted molar refractivity (Wildman–Crippen MR) is 77.3 cm³/mol. The van der Waals surface area contributed by atoms with Crippen molar-refractivity contribution in [1.82, 2.24) is 9.78 Å². The second-order valence-corrected chi connectivity index (χ2v) is 5.80. The van der Waals surface area contributed by atoms with E-state index >= 15 is 0 Å². The normalized spacial score (nSPS) is 19.1. The molecule has 0 unspecified atom stereocenters. The number of hydrogen-bond acceptors (Lipinski definition) is 2. The number of alkyl halides is 1. The van der Waals surface area contributed by atoms with Gasteiger partial charge in [-0.25, -0.2) is 0 Å². The van der Waals surface area contributed by atoms with Crippen LogP contribution in [0.25, 0.3) is 0 Å². The van der Waals surface area contributed by atoms with Crippen LogP contribution in [0.5, 0.6) is 0 Å². The van der Waals surface area contributed by atoms with Gasteiger partial charge in [0.15, 0.2) is 0 Å². The summed E-state index contributed by atoms with van der Waals surface area (Å²) in [5.74, 6) is 0. The van der Waals surface area contributed by atoms with E-state index in [0.717, 1.165) is 50.8 Å². The lowest BCUT2D eigenvalue weighted by Crippen LogP contribution is -2.36. The summed E-state index contributed by atoms with van der Waals surface area (Å²) in [7, 11) is 0. The molecule has 0 saturated carbocycles. The third kappa shape index (κ3) is 2.97. The van der Waals surface area contributed by atoms with Crippen molar-refractivity contribution in [2.75, 3.05) is 18.5 Å². The summed E-state index contributed by atoms with van der Waals surface area (Å²) < 4.78 is 7.72. The molecule has 1 aliphatic heterocycles. The van der Waals surface area contributed by atoms with Gasteiger partial charge in [0.25, 0.3) is 0 Å². The van der Waals surface area contributed by atoms with E-state index in [1.165, 1.54) is 11.4 Å². The predicted octanol–water partition coefficient (Wildman–Crippen LogP) is 3.20. The molecule has 2 heterocycles. The summed E-state index contributed by atoms with van der Waals surface area (Å²) in [5, 5.41) is 5.78. The van der Waals surface area contributed by atoms with Crippen molar-refractivity contribution >= 4 is 15.9 Å². The standard InChI is InChI=1S/C14H23BrN2O/c1-3-12-9-13(4-2)17(16-12)11-14(10-15)5-7-18-8-6-14/h9H,3-8,10-11H2,1-2H3. The van der Waals surface area contributed by atoms with E-state index < -0.39 is 0 Å². The maximum atomic E-state index is 5.50. The highest BCUT2D eigenvalue weighted by Crippen LogP contribution is 2.34. The zero-order valence-corrected chi connectivity index (χ0v) is 13.0. The average Bonchev–Trinajstić information content (AvgIpc) is 2.82. The molecule has 1 saturated heterocycles. The minimum atomic E-state index is 0.319. The second-order valence-electron chi connectivity index (χ2n) is 5.24. The fraction of sp³-hybridized carbons (Fsp3) is 0.786. The SMILES string of the molecule is CCc1cc(CC)n(CC2(CBr)CCOCC2)n1. The first kappa shape index (κ1) is 14.1. The lowest BCUT2D eigenvalue weighted by molar-refractivity contribution is 0.0165. The van der Waals surface area contributed by atoms with Gasteiger partial charge in [-0.3, -0.25) is 4.68 Å². The lowest BCUT2D eigenvalue weighted by atomic mass is 9.82. The summed E-state index contributed by atoms with van der Waals surface area (Å²) in [6.45, 7) is 7.16. The number of aromatic nitrogens is 2. The zero-order valence-electron chi connectivity index (χ0n) is 11.4. The molecule has 1 aliphatic rings. The van der Waals surface area contributed by atoms with E-state index in [0.29, 0.717) is 5.41 Å². The van der Waals surface area contributed by atoms with Gasteiger partial charge in [-0.2, -0.15) is 5.10 Å². The maximum Gasteiger partial charge on any atom is 0.0624 e. The van der Waals surface area contributed by atoms with E-state index in [2.05, 4.69) is 40.5 Å². The van der Waals surface area contributed by atoms with Crippen molar-refractivity contribution in [2.24, 2.45) is 5.41 Å². The molecule has 0 bridgehead atoms. The van der Waals surface area contributed by atoms with Gasteiger partial charge in [0.1, 0.15) is 0 Å². The molecule has 0 radical (unpaired) electrons. The Labute approximate surface area is 118 Å². The number of rotatable bonds is 5. The molecule has 0 aromatic carbocycles. The Kier molecular flexibility index (Phi) is 4.84. The summed E-state index contributed by atoms with van der Waals surface area (Å²) >= 11 is 3.70. The van der Waals surface area contributed by atoms with Gasteiger partial charge in [-0.15, -0.1) is 0 Å². The van der Waals surface area contributed by atoms with Crippen LogP contribution in [-0.4, -0.2) is 28.3 Å². The van der Waals surface area contributed by atoms with Gasteiger partial charge in [0.05, 0.1) is 5.69 Å². The molecule has 0 spiro atoms. The van der Waals surface area contributed by atoms with Gasteiger partial charge in [0.2, 0.25) is 0 Å². The highest BCUT2D eigenvalue weighted by atomic mass is 79.9. The number of hydrogen-bond donors (Lipinski definition) is 0. The summed E-state index contributed by atoms with van der Waals surface area (Å²) in [6.07, 6.45) is 4.33. The van der Waals surface area contributed by atoms with Crippen LogP contribution >= 0.6 is 15.9 Å². The van der Waals surface area contributed by atoms with Gasteiger partial charge >= 0.3 is 0 Å². The molecule has 1 aromatic heterocycles. The maximum absolute atomic E-state index is 5.50. The molecule has 1 fully saturated rings. The third-order valence-electron chi connectivity index (χ3n) is 3.96. The van der Waals surface area contributed by atoms with E-state index in [1.807, 2.05) is 0 Å². The smallest absolute Gasteiger partial charge is 0.0624 e. The lowest BCUT2D eigenvalue weighted by Gasteiger charge is -2.35. The molecule has 0 aliphatic carbocycles. The zero-order chi connectivity index (χ0) is 13.0. The van der Waals surface area contributed by atoms with E-state index in [1.54, 1.807) is 0 Å². The molecule has 0 atom stereocenters. The van der Waals surface area contributed by atoms with Gasteiger partial charge in [-0.1, -0.05) is 29.8 Å². The van der Waals surface area contributed by atoms with Crippen molar-refractivity contribution in [2.45, 2.75) is 46.1 Å². The van der Waals surface area contributed by atoms with Crippen LogP contribution in [0.3, 0.4) is 0 Å². The number of nitrogens with zero attached hydrogens (tertiary/aromatic N) is 2. The van der Waals surface area contributed by atoms with E-state index in [9.17, 15) is 0 Å². The van der Waals surface area contributed by atoms with E-state index in [-0.39, 0.29) is 0 Å². The van der Waals surface area contributed by atoms with Crippen LogP contribution in [0.2, 0.25) is 0 Å². The van der Waals surface area contributed by atoms with Gasteiger partial charge in [-0.05, 0) is 31.7 Å². The monoisotopic (exact) mass is 314 g/mol. The fourth-order valence-electron chi connectivity index (χ4n) is 2.57. The molecule has 2 rings (SSSR count). The quantitative estimate of drug-likeness (QED) is 0.780. The molecular formula is C14H23BrN2O. The molecule has 18 heavy (non-hydrogen) atoms. The van der Waals surface area contributed by atoms with Crippen LogP contribution < -0.4 is 0 Å². The number of aryl methyl sites for hydroxylation is 2. The molecule has 102 valence electrons. The topological polar surface area (TPSA) is 27.1 Å². The van der Waals surface area contributed by atoms with Crippen LogP contribution in [0.1, 0.15) is 38.1 Å². The average molecular weight is 315 g/mol. The van der Waals surface area contributed by atoms with Crippen molar-refractivity contribution in [3.8, 4) is 0 Å². The Hall–Kier alpha value is -0.350. The number of ether oxygens (including phenoxy) is 1. The van der Waals surface area contributed by atoms with E-state index in [4.69, 9.17) is 9.84 Å². The first-order valence-electron chi connectivity index (χ1n) is 6.92. The van der Waals surface area contributed by atoms with Crippen LogP contribution in [-0.2, 0) is 24.1 Å². The van der Waals surface area contributed by atoms with Gasteiger partial charge < -0.3 is 4.74 Å². The van der Waals surface area contributed by atoms with Crippen LogP contribution in [0.4, 0.5) is 0 Å². The largest absolute Gasteiger partial charge is 0.381 e. The Morgan fingerprint density at radius 3 is 2.61 bits per heavy atom. The Morgan fingerprint density at radius 1 is 1.33 bits per heavy atom. The van der Waals surface area contributed by atoms with Crippen molar-refractivity contribution in [3.05, 3.63) is 17.5 Å². The minimum Gasteiger partial charge on any atom is -0.381 e. The molecule has 0 N–H and O–H groups in total. The second kappa shape index (κ2) is 6.20. The van der Waals surface area contributed by atoms with Crippen molar-refractivity contribution in [3.63, 3.8) is 0 Å². The Bertz CT molecular complexity index is 383. The minimum absolute atomic E-state index is 0.319. The third-order valence-corrected chi connectivity index (χ3v) is 5.15. The first-order chi connectivity index (χ1) is 8.73. The molecular weight excluding hydrogens is 292 g/mol. The Morgan fingerprint density at radius 2 is 2.06 bits per heavy atom. The number of halogens is 1. The molecule has 0 amide bonds. The Balaban J connectivity index is 2.17. The summed E-state index contributed by atoms with van der Waals surface area (Å²) in [4.78, 5) is 0. The molecule has 1 aromatic rings. The highest BCUT2D eigenvalue weighted by Gasteiger charge is 2.32. The van der Waals surface area contributed by atoms with Crippen LogP contribution in [0.15, 0.2) is 6.07 Å². The highest BCUT2D eigenvalue weighted by molar-refractivity contribution is 9.09. The first-order valence-corrected chi connectivity index (χ1v) is 8.04. The molecule has 4 heteroatoms.